The van der Waals surface area contributed by atoms with Gasteiger partial charge in [0.15, 0.2) is 6.10 Å². The Balaban J connectivity index is 4.37. The Morgan fingerprint density at radius 1 is 0.273 bits per heavy atom. The molecular formula is C71H120O6. The van der Waals surface area contributed by atoms with Crippen LogP contribution in [0.3, 0.4) is 0 Å². The molecule has 0 aromatic rings. The molecule has 0 bridgehead atoms. The van der Waals surface area contributed by atoms with E-state index in [0.29, 0.717) is 19.3 Å². The summed E-state index contributed by atoms with van der Waals surface area (Å²) in [5.41, 5.74) is 0. The summed E-state index contributed by atoms with van der Waals surface area (Å²) in [4.78, 5) is 38.3. The Bertz CT molecular complexity index is 1560. The molecule has 0 aliphatic rings. The van der Waals surface area contributed by atoms with Crippen LogP contribution >= 0.6 is 0 Å². The molecule has 0 aliphatic heterocycles. The van der Waals surface area contributed by atoms with Crippen LogP contribution in [-0.4, -0.2) is 37.2 Å². The molecule has 0 aromatic carbocycles. The lowest BCUT2D eigenvalue weighted by atomic mass is 10.0. The summed E-state index contributed by atoms with van der Waals surface area (Å²) in [6.07, 6.45) is 88.1. The maximum Gasteiger partial charge on any atom is 0.306 e. The zero-order valence-electron chi connectivity index (χ0n) is 50.4. The number of carbonyl (C=O) groups excluding carboxylic acids is 3. The Labute approximate surface area is 476 Å². The second-order valence-electron chi connectivity index (χ2n) is 21.3. The highest BCUT2D eigenvalue weighted by atomic mass is 16.6. The third-order valence-corrected chi connectivity index (χ3v) is 13.8. The first-order chi connectivity index (χ1) is 38.0. The van der Waals surface area contributed by atoms with Crippen molar-refractivity contribution in [3.8, 4) is 0 Å². The Morgan fingerprint density at radius 3 is 0.818 bits per heavy atom. The zero-order valence-corrected chi connectivity index (χ0v) is 50.4. The van der Waals surface area contributed by atoms with Crippen LogP contribution < -0.4 is 0 Å². The van der Waals surface area contributed by atoms with Gasteiger partial charge in [-0.2, -0.15) is 0 Å². The summed E-state index contributed by atoms with van der Waals surface area (Å²) in [6.45, 7) is 6.51. The van der Waals surface area contributed by atoms with Gasteiger partial charge >= 0.3 is 17.9 Å². The average molecular weight is 1070 g/mol. The lowest BCUT2D eigenvalue weighted by molar-refractivity contribution is -0.167. The molecule has 440 valence electrons. The van der Waals surface area contributed by atoms with Crippen molar-refractivity contribution in [3.63, 3.8) is 0 Å². The monoisotopic (exact) mass is 1070 g/mol. The van der Waals surface area contributed by atoms with Gasteiger partial charge in [0.25, 0.3) is 0 Å². The minimum atomic E-state index is -0.792. The summed E-state index contributed by atoms with van der Waals surface area (Å²) in [6, 6.07) is 0. The second-order valence-corrected chi connectivity index (χ2v) is 21.3. The van der Waals surface area contributed by atoms with Gasteiger partial charge in [0.2, 0.25) is 0 Å². The van der Waals surface area contributed by atoms with Gasteiger partial charge in [-0.25, -0.2) is 0 Å². The van der Waals surface area contributed by atoms with Crippen molar-refractivity contribution in [1.82, 2.24) is 0 Å². The molecule has 1 atom stereocenters. The third kappa shape index (κ3) is 62.8. The highest BCUT2D eigenvalue weighted by Gasteiger charge is 2.19. The third-order valence-electron chi connectivity index (χ3n) is 13.8. The molecule has 0 amide bonds. The molecule has 0 spiro atoms. The molecule has 0 N–H and O–H groups in total. The zero-order chi connectivity index (χ0) is 55.7. The van der Waals surface area contributed by atoms with Crippen molar-refractivity contribution >= 4 is 17.9 Å². The van der Waals surface area contributed by atoms with Gasteiger partial charge in [-0.15, -0.1) is 0 Å². The molecule has 0 aliphatic carbocycles. The number of ether oxygens (including phenoxy) is 3. The van der Waals surface area contributed by atoms with E-state index in [0.717, 1.165) is 128 Å². The van der Waals surface area contributed by atoms with Crippen LogP contribution in [0.5, 0.6) is 0 Å². The molecule has 6 nitrogen and oxygen atoms in total. The fourth-order valence-corrected chi connectivity index (χ4v) is 8.92. The first kappa shape index (κ1) is 73.1. The number of unbranched alkanes of at least 4 members (excludes halogenated alkanes) is 29. The van der Waals surface area contributed by atoms with Gasteiger partial charge < -0.3 is 14.2 Å². The quantitative estimate of drug-likeness (QED) is 0.0261. The van der Waals surface area contributed by atoms with E-state index in [1.807, 2.05) is 0 Å². The Hall–Kier alpha value is -3.93. The van der Waals surface area contributed by atoms with Gasteiger partial charge in [-0.05, 0) is 109 Å². The normalized spacial score (nSPS) is 12.8. The summed E-state index contributed by atoms with van der Waals surface area (Å²) in [5.74, 6) is -0.913. The number of hydrogen-bond acceptors (Lipinski definition) is 6. The SMILES string of the molecule is CC/C=C\C/C=C\C/C=C\C/C=C\C/C=C\C/C=C\C/C=C\C/C=C\CCCCCCC(=O)OCC(COC(=O)CCCCCCC/C=C\CCCCCC)OC(=O)CCCCCCCCCCCCCCCCCCC. The van der Waals surface area contributed by atoms with E-state index in [9.17, 15) is 14.4 Å². The molecule has 0 saturated carbocycles. The van der Waals surface area contributed by atoms with E-state index in [1.54, 1.807) is 0 Å². The summed E-state index contributed by atoms with van der Waals surface area (Å²) in [5, 5.41) is 0. The van der Waals surface area contributed by atoms with E-state index in [-0.39, 0.29) is 31.1 Å². The van der Waals surface area contributed by atoms with Crippen molar-refractivity contribution in [3.05, 3.63) is 109 Å². The van der Waals surface area contributed by atoms with Crippen molar-refractivity contribution in [2.75, 3.05) is 13.2 Å². The number of esters is 3. The standard InChI is InChI=1S/C71H120O6/c1-4-7-10-13-16-19-22-25-27-29-30-31-32-33-34-35-36-37-38-39-40-42-43-46-49-52-55-58-61-64-70(73)76-67-68(66-75-69(72)63-60-57-54-51-48-45-24-21-18-15-12-9-6-3)77-71(74)65-62-59-56-53-50-47-44-41-28-26-23-20-17-14-11-8-5-2/h7,10,16,19,21,24-25,27,30-31,33-34,36-37,39-40,43,46,68H,4-6,8-9,11-15,17-18,20,22-23,26,28-29,32,35,38,41-42,44-45,47-67H2,1-3H3/b10-7-,19-16-,24-21-,27-25-,31-30-,34-33-,37-36-,40-39-,46-43-. The van der Waals surface area contributed by atoms with Crippen molar-refractivity contribution in [2.24, 2.45) is 0 Å². The minimum Gasteiger partial charge on any atom is -0.462 e. The molecule has 77 heavy (non-hydrogen) atoms. The largest absolute Gasteiger partial charge is 0.462 e. The highest BCUT2D eigenvalue weighted by molar-refractivity contribution is 5.71. The van der Waals surface area contributed by atoms with Crippen molar-refractivity contribution in [1.29, 1.82) is 0 Å². The van der Waals surface area contributed by atoms with E-state index >= 15 is 0 Å². The predicted molar refractivity (Wildman–Crippen MR) is 334 cm³/mol. The Kier molecular flexibility index (Phi) is 61.3. The molecular weight excluding hydrogens is 949 g/mol. The van der Waals surface area contributed by atoms with Crippen LogP contribution in [0.15, 0.2) is 109 Å². The van der Waals surface area contributed by atoms with Crippen molar-refractivity contribution < 1.29 is 28.6 Å². The Morgan fingerprint density at radius 2 is 0.506 bits per heavy atom. The maximum absolute atomic E-state index is 12.9. The van der Waals surface area contributed by atoms with Gasteiger partial charge in [0, 0.05) is 19.3 Å². The summed E-state index contributed by atoms with van der Waals surface area (Å²) in [7, 11) is 0. The van der Waals surface area contributed by atoms with E-state index < -0.39 is 6.10 Å². The van der Waals surface area contributed by atoms with Crippen LogP contribution in [0.4, 0.5) is 0 Å². The molecule has 6 heteroatoms. The smallest absolute Gasteiger partial charge is 0.306 e. The number of allylic oxidation sites excluding steroid dienone is 18. The van der Waals surface area contributed by atoms with E-state index in [2.05, 4.69) is 130 Å². The molecule has 0 saturated heterocycles. The average Bonchev–Trinajstić information content (AvgIpc) is 3.43. The fraction of sp³-hybridized carbons (Fsp3) is 0.704. The fourth-order valence-electron chi connectivity index (χ4n) is 8.92. The maximum atomic E-state index is 12.9. The predicted octanol–water partition coefficient (Wildman–Crippen LogP) is 22.2. The molecule has 0 heterocycles. The van der Waals surface area contributed by atoms with Crippen LogP contribution in [0, 0.1) is 0 Å². The first-order valence-corrected chi connectivity index (χ1v) is 32.4. The van der Waals surface area contributed by atoms with Gasteiger partial charge in [0.1, 0.15) is 13.2 Å². The first-order valence-electron chi connectivity index (χ1n) is 32.4. The van der Waals surface area contributed by atoms with E-state index in [1.165, 1.54) is 135 Å². The van der Waals surface area contributed by atoms with Gasteiger partial charge in [0.05, 0.1) is 0 Å². The summed E-state index contributed by atoms with van der Waals surface area (Å²) < 4.78 is 16.9. The van der Waals surface area contributed by atoms with Crippen LogP contribution in [-0.2, 0) is 28.6 Å². The lowest BCUT2D eigenvalue weighted by Gasteiger charge is -2.18. The van der Waals surface area contributed by atoms with E-state index in [4.69, 9.17) is 14.2 Å². The minimum absolute atomic E-state index is 0.0888. The molecule has 0 aromatic heterocycles. The van der Waals surface area contributed by atoms with Crippen LogP contribution in [0.25, 0.3) is 0 Å². The van der Waals surface area contributed by atoms with Crippen LogP contribution in [0.1, 0.15) is 303 Å². The lowest BCUT2D eigenvalue weighted by Crippen LogP contribution is -2.30. The molecule has 0 fully saturated rings. The molecule has 0 radical (unpaired) electrons. The highest BCUT2D eigenvalue weighted by Crippen LogP contribution is 2.16. The van der Waals surface area contributed by atoms with Gasteiger partial charge in [-0.1, -0.05) is 284 Å². The summed E-state index contributed by atoms with van der Waals surface area (Å²) >= 11 is 0. The number of rotatable bonds is 58. The van der Waals surface area contributed by atoms with Crippen molar-refractivity contribution in [2.45, 2.75) is 309 Å². The van der Waals surface area contributed by atoms with Gasteiger partial charge in [-0.3, -0.25) is 14.4 Å². The second kappa shape index (κ2) is 64.6. The topological polar surface area (TPSA) is 78.9 Å². The number of carbonyl (C=O) groups is 3. The molecule has 1 unspecified atom stereocenters. The van der Waals surface area contributed by atoms with Crippen LogP contribution in [0.2, 0.25) is 0 Å². The number of hydrogen-bond donors (Lipinski definition) is 0. The molecule has 0 rings (SSSR count).